The maximum absolute atomic E-state index is 10.7. The number of hydrogen-bond acceptors (Lipinski definition) is 3. The van der Waals surface area contributed by atoms with Crippen molar-refractivity contribution in [3.8, 4) is 0 Å². The van der Waals surface area contributed by atoms with Crippen molar-refractivity contribution in [3.63, 3.8) is 0 Å². The van der Waals surface area contributed by atoms with Crippen LogP contribution in [0.15, 0.2) is 22.7 Å². The smallest absolute Gasteiger partial charge is 0.270 e. The predicted molar refractivity (Wildman–Crippen MR) is 69.9 cm³/mol. The van der Waals surface area contributed by atoms with Gasteiger partial charge in [0.2, 0.25) is 0 Å². The Kier molecular flexibility index (Phi) is 3.49. The number of non-ortho nitro benzene ring substituents is 1. The van der Waals surface area contributed by atoms with Gasteiger partial charge in [0, 0.05) is 28.7 Å². The highest BCUT2D eigenvalue weighted by molar-refractivity contribution is 9.10. The number of nitrogens with zero attached hydrogens (tertiary/aromatic N) is 1. The molecule has 1 fully saturated rings. The summed E-state index contributed by atoms with van der Waals surface area (Å²) in [5.74, 6) is 0. The van der Waals surface area contributed by atoms with Gasteiger partial charge in [-0.3, -0.25) is 10.1 Å². The molecule has 0 unspecified atom stereocenters. The molecule has 92 valence electrons. The van der Waals surface area contributed by atoms with Crippen LogP contribution in [0.5, 0.6) is 0 Å². The van der Waals surface area contributed by atoms with Gasteiger partial charge < -0.3 is 5.32 Å². The molecule has 0 spiro atoms. The van der Waals surface area contributed by atoms with Crippen LogP contribution in [0.25, 0.3) is 0 Å². The fourth-order valence-corrected chi connectivity index (χ4v) is 2.57. The minimum absolute atomic E-state index is 0.134. The average Bonchev–Trinajstić information content (AvgIpc) is 2.23. The predicted octanol–water partition coefficient (Wildman–Crippen LogP) is 3.39. The number of nitro benzene ring substituents is 1. The van der Waals surface area contributed by atoms with Crippen molar-refractivity contribution in [2.24, 2.45) is 0 Å². The summed E-state index contributed by atoms with van der Waals surface area (Å²) in [6.07, 6.45) is 3.63. The lowest BCUT2D eigenvalue weighted by molar-refractivity contribution is -0.385. The van der Waals surface area contributed by atoms with E-state index in [9.17, 15) is 10.1 Å². The Morgan fingerprint density at radius 1 is 1.47 bits per heavy atom. The summed E-state index contributed by atoms with van der Waals surface area (Å²) in [7, 11) is 0. The zero-order valence-corrected chi connectivity index (χ0v) is 11.3. The minimum Gasteiger partial charge on any atom is -0.307 e. The summed E-state index contributed by atoms with van der Waals surface area (Å²) >= 11 is 3.30. The molecule has 17 heavy (non-hydrogen) atoms. The molecule has 0 aliphatic heterocycles. The summed E-state index contributed by atoms with van der Waals surface area (Å²) in [6.45, 7) is 2.87. The zero-order chi connectivity index (χ0) is 12.5. The van der Waals surface area contributed by atoms with Gasteiger partial charge in [0.25, 0.3) is 5.69 Å². The lowest BCUT2D eigenvalue weighted by Gasteiger charge is -2.39. The molecule has 1 aliphatic carbocycles. The Labute approximate surface area is 109 Å². The quantitative estimate of drug-likeness (QED) is 0.685. The summed E-state index contributed by atoms with van der Waals surface area (Å²) in [5.41, 5.74) is 1.30. The fraction of sp³-hybridized carbons (Fsp3) is 0.500. The van der Waals surface area contributed by atoms with E-state index in [1.54, 1.807) is 6.07 Å². The third kappa shape index (κ3) is 3.04. The van der Waals surface area contributed by atoms with Gasteiger partial charge in [-0.15, -0.1) is 0 Å². The van der Waals surface area contributed by atoms with Gasteiger partial charge in [0.1, 0.15) is 0 Å². The van der Waals surface area contributed by atoms with Crippen molar-refractivity contribution in [2.75, 3.05) is 0 Å². The third-order valence-electron chi connectivity index (χ3n) is 3.33. The molecule has 2 rings (SSSR count). The normalized spacial score (nSPS) is 17.5. The van der Waals surface area contributed by atoms with Crippen molar-refractivity contribution < 1.29 is 4.92 Å². The van der Waals surface area contributed by atoms with Crippen LogP contribution in [-0.4, -0.2) is 10.5 Å². The van der Waals surface area contributed by atoms with Gasteiger partial charge in [0.15, 0.2) is 0 Å². The molecule has 1 aromatic carbocycles. The van der Waals surface area contributed by atoms with Crippen LogP contribution in [0, 0.1) is 10.1 Å². The van der Waals surface area contributed by atoms with E-state index in [1.807, 2.05) is 6.07 Å². The van der Waals surface area contributed by atoms with Crippen LogP contribution >= 0.6 is 15.9 Å². The Balaban J connectivity index is 2.07. The van der Waals surface area contributed by atoms with Crippen molar-refractivity contribution in [2.45, 2.75) is 38.3 Å². The van der Waals surface area contributed by atoms with Crippen LogP contribution in [0.3, 0.4) is 0 Å². The summed E-state index contributed by atoms with van der Waals surface area (Å²) in [6, 6.07) is 5.07. The Bertz CT molecular complexity index is 444. The van der Waals surface area contributed by atoms with Gasteiger partial charge >= 0.3 is 0 Å². The first-order valence-corrected chi connectivity index (χ1v) is 6.47. The number of benzene rings is 1. The van der Waals surface area contributed by atoms with Crippen molar-refractivity contribution in [3.05, 3.63) is 38.3 Å². The van der Waals surface area contributed by atoms with E-state index in [4.69, 9.17) is 0 Å². The Morgan fingerprint density at radius 2 is 2.18 bits per heavy atom. The molecule has 0 radical (unpaired) electrons. The summed E-state index contributed by atoms with van der Waals surface area (Å²) in [4.78, 5) is 10.4. The van der Waals surface area contributed by atoms with E-state index in [-0.39, 0.29) is 16.1 Å². The number of halogens is 1. The first-order chi connectivity index (χ1) is 7.98. The van der Waals surface area contributed by atoms with E-state index in [0.717, 1.165) is 10.0 Å². The molecule has 1 N–H and O–H groups in total. The lowest BCUT2D eigenvalue weighted by atomic mass is 9.78. The zero-order valence-electron chi connectivity index (χ0n) is 9.70. The van der Waals surface area contributed by atoms with Gasteiger partial charge in [0.05, 0.1) is 4.92 Å². The third-order valence-corrected chi connectivity index (χ3v) is 3.79. The monoisotopic (exact) mass is 298 g/mol. The summed E-state index contributed by atoms with van der Waals surface area (Å²) in [5, 5.41) is 14.2. The number of nitro groups is 1. The van der Waals surface area contributed by atoms with Crippen LogP contribution in [-0.2, 0) is 6.54 Å². The first kappa shape index (κ1) is 12.5. The molecule has 1 aliphatic rings. The topological polar surface area (TPSA) is 55.2 Å². The molecular formula is C12H15BrN2O2. The van der Waals surface area contributed by atoms with Gasteiger partial charge in [-0.2, -0.15) is 0 Å². The van der Waals surface area contributed by atoms with E-state index in [0.29, 0.717) is 6.54 Å². The van der Waals surface area contributed by atoms with Gasteiger partial charge in [-0.1, -0.05) is 15.9 Å². The number of hydrogen-bond donors (Lipinski definition) is 1. The highest BCUT2D eigenvalue weighted by atomic mass is 79.9. The second kappa shape index (κ2) is 4.74. The van der Waals surface area contributed by atoms with Crippen molar-refractivity contribution >= 4 is 21.6 Å². The highest BCUT2D eigenvalue weighted by Gasteiger charge is 2.30. The molecule has 0 amide bonds. The molecule has 1 saturated carbocycles. The van der Waals surface area contributed by atoms with E-state index >= 15 is 0 Å². The van der Waals surface area contributed by atoms with E-state index < -0.39 is 0 Å². The molecule has 0 aromatic heterocycles. The maximum Gasteiger partial charge on any atom is 0.270 e. The molecule has 5 heteroatoms. The van der Waals surface area contributed by atoms with Crippen LogP contribution < -0.4 is 5.32 Å². The number of rotatable bonds is 4. The largest absolute Gasteiger partial charge is 0.307 e. The second-order valence-corrected chi connectivity index (χ2v) is 5.76. The highest BCUT2D eigenvalue weighted by Crippen LogP contribution is 2.31. The molecule has 0 bridgehead atoms. The molecular weight excluding hydrogens is 284 g/mol. The van der Waals surface area contributed by atoms with Gasteiger partial charge in [-0.05, 0) is 37.8 Å². The number of nitrogens with one attached hydrogen (secondary N) is 1. The van der Waals surface area contributed by atoms with Crippen LogP contribution in [0.4, 0.5) is 5.69 Å². The molecule has 0 saturated heterocycles. The van der Waals surface area contributed by atoms with Gasteiger partial charge in [-0.25, -0.2) is 0 Å². The van der Waals surface area contributed by atoms with Crippen LogP contribution in [0.2, 0.25) is 0 Å². The first-order valence-electron chi connectivity index (χ1n) is 5.67. The van der Waals surface area contributed by atoms with Crippen molar-refractivity contribution in [1.82, 2.24) is 5.32 Å². The average molecular weight is 299 g/mol. The molecule has 0 heterocycles. The Morgan fingerprint density at radius 3 is 2.71 bits per heavy atom. The minimum atomic E-state index is -0.362. The molecule has 1 aromatic rings. The van der Waals surface area contributed by atoms with Crippen molar-refractivity contribution in [1.29, 1.82) is 0 Å². The lowest BCUT2D eigenvalue weighted by Crippen LogP contribution is -2.47. The molecule has 0 atom stereocenters. The Hall–Kier alpha value is -0.940. The summed E-state index contributed by atoms with van der Waals surface area (Å²) < 4.78 is 0.752. The fourth-order valence-electron chi connectivity index (χ4n) is 2.04. The molecule has 4 nitrogen and oxygen atoms in total. The SMILES string of the molecule is CC1(NCc2cc(Br)cc([N+](=O)[O-])c2)CCC1. The maximum atomic E-state index is 10.7. The standard InChI is InChI=1S/C12H15BrN2O2/c1-12(3-2-4-12)14-8-9-5-10(13)7-11(6-9)15(16)17/h5-7,14H,2-4,8H2,1H3. The van der Waals surface area contributed by atoms with E-state index in [2.05, 4.69) is 28.2 Å². The van der Waals surface area contributed by atoms with E-state index in [1.165, 1.54) is 25.3 Å². The second-order valence-electron chi connectivity index (χ2n) is 4.84. The van der Waals surface area contributed by atoms with Crippen LogP contribution in [0.1, 0.15) is 31.7 Å².